The molecule has 1 aromatic rings. The van der Waals surface area contributed by atoms with Crippen LogP contribution in [0.4, 0.5) is 24.5 Å². The van der Waals surface area contributed by atoms with Crippen molar-refractivity contribution >= 4 is 11.4 Å². The third-order valence-corrected chi connectivity index (χ3v) is 3.51. The number of halogens is 3. The minimum absolute atomic E-state index is 0.101. The zero-order chi connectivity index (χ0) is 14.9. The molecular weight excluding hydrogens is 271 g/mol. The number of nitrogens with two attached hydrogens (primary N) is 1. The van der Waals surface area contributed by atoms with E-state index < -0.39 is 18.0 Å². The monoisotopic (exact) mass is 289 g/mol. The van der Waals surface area contributed by atoms with Crippen LogP contribution in [0.2, 0.25) is 0 Å². The summed E-state index contributed by atoms with van der Waals surface area (Å²) in [6, 6.07) is 3.86. The van der Waals surface area contributed by atoms with Crippen LogP contribution in [-0.4, -0.2) is 42.4 Å². The Kier molecular flexibility index (Phi) is 4.10. The van der Waals surface area contributed by atoms with Crippen LogP contribution in [0.3, 0.4) is 0 Å². The Morgan fingerprint density at radius 1 is 1.20 bits per heavy atom. The Hall–Kier alpha value is -1.47. The van der Waals surface area contributed by atoms with E-state index in [1.165, 1.54) is 12.1 Å². The standard InChI is InChI=1S/C13H18F3N3O/c1-9(20)18-4-6-19(7-5-18)12-3-2-10(17)8-11(12)13(14,15)16/h2-3,8-9,20H,4-7,17H2,1H3. The summed E-state index contributed by atoms with van der Waals surface area (Å²) in [6.07, 6.45) is -5.00. The van der Waals surface area contributed by atoms with E-state index in [-0.39, 0.29) is 11.4 Å². The van der Waals surface area contributed by atoms with Crippen molar-refractivity contribution in [1.29, 1.82) is 0 Å². The fourth-order valence-corrected chi connectivity index (χ4v) is 2.39. The normalized spacial score (nSPS) is 19.1. The van der Waals surface area contributed by atoms with Gasteiger partial charge < -0.3 is 15.7 Å². The molecule has 0 spiro atoms. The van der Waals surface area contributed by atoms with E-state index in [4.69, 9.17) is 5.73 Å². The zero-order valence-electron chi connectivity index (χ0n) is 11.2. The Labute approximate surface area is 115 Å². The molecular formula is C13H18F3N3O. The number of nitrogens with zero attached hydrogens (tertiary/aromatic N) is 2. The summed E-state index contributed by atoms with van der Waals surface area (Å²) >= 11 is 0. The van der Waals surface area contributed by atoms with Crippen LogP contribution >= 0.6 is 0 Å². The second-order valence-electron chi connectivity index (χ2n) is 4.93. The van der Waals surface area contributed by atoms with Crippen molar-refractivity contribution in [2.24, 2.45) is 0 Å². The van der Waals surface area contributed by atoms with Crippen molar-refractivity contribution in [3.05, 3.63) is 23.8 Å². The van der Waals surface area contributed by atoms with Crippen LogP contribution in [0.25, 0.3) is 0 Å². The van der Waals surface area contributed by atoms with Crippen molar-refractivity contribution in [2.45, 2.75) is 19.3 Å². The molecule has 1 aliphatic heterocycles. The van der Waals surface area contributed by atoms with E-state index >= 15 is 0 Å². The molecule has 2 rings (SSSR count). The minimum atomic E-state index is -4.42. The number of hydrogen-bond acceptors (Lipinski definition) is 4. The van der Waals surface area contributed by atoms with Crippen LogP contribution in [0.15, 0.2) is 18.2 Å². The van der Waals surface area contributed by atoms with Gasteiger partial charge in [-0.15, -0.1) is 0 Å². The van der Waals surface area contributed by atoms with Crippen LogP contribution < -0.4 is 10.6 Å². The highest BCUT2D eigenvalue weighted by molar-refractivity contribution is 5.61. The van der Waals surface area contributed by atoms with Crippen molar-refractivity contribution in [1.82, 2.24) is 4.90 Å². The average Bonchev–Trinajstić information content (AvgIpc) is 2.38. The molecule has 20 heavy (non-hydrogen) atoms. The largest absolute Gasteiger partial charge is 0.418 e. The summed E-state index contributed by atoms with van der Waals surface area (Å²) in [6.45, 7) is 3.59. The Morgan fingerprint density at radius 2 is 1.80 bits per heavy atom. The van der Waals surface area contributed by atoms with E-state index in [9.17, 15) is 18.3 Å². The fourth-order valence-electron chi connectivity index (χ4n) is 2.39. The molecule has 0 radical (unpaired) electrons. The first kappa shape index (κ1) is 14.9. The molecule has 0 saturated carbocycles. The lowest BCUT2D eigenvalue weighted by Gasteiger charge is -2.38. The molecule has 1 fully saturated rings. The quantitative estimate of drug-likeness (QED) is 0.814. The van der Waals surface area contributed by atoms with Gasteiger partial charge in [0.05, 0.1) is 5.56 Å². The van der Waals surface area contributed by atoms with Gasteiger partial charge >= 0.3 is 6.18 Å². The predicted octanol–water partition coefficient (Wildman–Crippen LogP) is 1.75. The molecule has 0 aliphatic carbocycles. The summed E-state index contributed by atoms with van der Waals surface area (Å²) in [4.78, 5) is 3.50. The van der Waals surface area contributed by atoms with Gasteiger partial charge in [0.2, 0.25) is 0 Å². The third-order valence-electron chi connectivity index (χ3n) is 3.51. The smallest absolute Gasteiger partial charge is 0.399 e. The number of hydrogen-bond donors (Lipinski definition) is 2. The Bertz CT molecular complexity index is 468. The number of piperazine rings is 1. The molecule has 1 aromatic carbocycles. The number of nitrogen functional groups attached to an aromatic ring is 1. The number of benzene rings is 1. The molecule has 3 N–H and O–H groups in total. The van der Waals surface area contributed by atoms with Crippen LogP contribution in [-0.2, 0) is 6.18 Å². The molecule has 7 heteroatoms. The average molecular weight is 289 g/mol. The molecule has 112 valence electrons. The molecule has 0 amide bonds. The van der Waals surface area contributed by atoms with Gasteiger partial charge in [0.15, 0.2) is 0 Å². The Morgan fingerprint density at radius 3 is 2.30 bits per heavy atom. The second kappa shape index (κ2) is 5.49. The van der Waals surface area contributed by atoms with Crippen molar-refractivity contribution in [3.8, 4) is 0 Å². The summed E-state index contributed by atoms with van der Waals surface area (Å²) in [7, 11) is 0. The first-order valence-electron chi connectivity index (χ1n) is 6.43. The van der Waals surface area contributed by atoms with Gasteiger partial charge in [0.1, 0.15) is 6.23 Å². The molecule has 0 bridgehead atoms. The highest BCUT2D eigenvalue weighted by atomic mass is 19.4. The maximum absolute atomic E-state index is 13.1. The minimum Gasteiger partial charge on any atom is -0.399 e. The molecule has 0 aromatic heterocycles. The van der Waals surface area contributed by atoms with Gasteiger partial charge in [-0.2, -0.15) is 13.2 Å². The maximum atomic E-state index is 13.1. The first-order chi connectivity index (χ1) is 9.29. The van der Waals surface area contributed by atoms with E-state index in [0.717, 1.165) is 6.07 Å². The number of rotatable bonds is 2. The lowest BCUT2D eigenvalue weighted by atomic mass is 10.1. The van der Waals surface area contributed by atoms with Gasteiger partial charge in [0, 0.05) is 37.6 Å². The third kappa shape index (κ3) is 3.16. The van der Waals surface area contributed by atoms with E-state index in [0.29, 0.717) is 26.2 Å². The Balaban J connectivity index is 2.22. The number of aliphatic hydroxyl groups is 1. The van der Waals surface area contributed by atoms with Crippen molar-refractivity contribution in [3.63, 3.8) is 0 Å². The lowest BCUT2D eigenvalue weighted by molar-refractivity contribution is -0.137. The summed E-state index contributed by atoms with van der Waals surface area (Å²) in [5.74, 6) is 0. The van der Waals surface area contributed by atoms with Gasteiger partial charge in [-0.3, -0.25) is 4.90 Å². The fraction of sp³-hybridized carbons (Fsp3) is 0.538. The van der Waals surface area contributed by atoms with Gasteiger partial charge in [-0.25, -0.2) is 0 Å². The summed E-state index contributed by atoms with van der Waals surface area (Å²) in [5.41, 5.74) is 5.00. The maximum Gasteiger partial charge on any atom is 0.418 e. The van der Waals surface area contributed by atoms with Crippen LogP contribution in [0.5, 0.6) is 0 Å². The first-order valence-corrected chi connectivity index (χ1v) is 6.43. The van der Waals surface area contributed by atoms with Gasteiger partial charge in [-0.1, -0.05) is 0 Å². The van der Waals surface area contributed by atoms with Gasteiger partial charge in [-0.05, 0) is 25.1 Å². The zero-order valence-corrected chi connectivity index (χ0v) is 11.2. The van der Waals surface area contributed by atoms with Crippen molar-refractivity contribution in [2.75, 3.05) is 36.8 Å². The van der Waals surface area contributed by atoms with Crippen molar-refractivity contribution < 1.29 is 18.3 Å². The van der Waals surface area contributed by atoms with E-state index in [2.05, 4.69) is 0 Å². The molecule has 1 unspecified atom stereocenters. The predicted molar refractivity (Wildman–Crippen MR) is 71.3 cm³/mol. The van der Waals surface area contributed by atoms with Gasteiger partial charge in [0.25, 0.3) is 0 Å². The highest BCUT2D eigenvalue weighted by Crippen LogP contribution is 2.38. The second-order valence-corrected chi connectivity index (χ2v) is 4.93. The number of anilines is 2. The topological polar surface area (TPSA) is 52.7 Å². The summed E-state index contributed by atoms with van der Waals surface area (Å²) in [5, 5.41) is 9.47. The summed E-state index contributed by atoms with van der Waals surface area (Å²) < 4.78 is 39.2. The SMILES string of the molecule is CC(O)N1CCN(c2ccc(N)cc2C(F)(F)F)CC1. The molecule has 1 saturated heterocycles. The van der Waals surface area contributed by atoms with Crippen LogP contribution in [0.1, 0.15) is 12.5 Å². The molecule has 1 atom stereocenters. The molecule has 1 heterocycles. The number of alkyl halides is 3. The van der Waals surface area contributed by atoms with Crippen LogP contribution in [0, 0.1) is 0 Å². The van der Waals surface area contributed by atoms with E-state index in [1.54, 1.807) is 11.8 Å². The number of aliphatic hydroxyl groups excluding tert-OH is 1. The highest BCUT2D eigenvalue weighted by Gasteiger charge is 2.35. The lowest BCUT2D eigenvalue weighted by Crippen LogP contribution is -2.50. The van der Waals surface area contributed by atoms with E-state index in [1.807, 2.05) is 4.90 Å². The molecule has 4 nitrogen and oxygen atoms in total. The molecule has 1 aliphatic rings.